The smallest absolute Gasteiger partial charge is 0.314 e. The summed E-state index contributed by atoms with van der Waals surface area (Å²) in [5, 5.41) is 0. The Morgan fingerprint density at radius 2 is 1.67 bits per heavy atom. The first kappa shape index (κ1) is 10.6. The van der Waals surface area contributed by atoms with Gasteiger partial charge in [0.05, 0.1) is 0 Å². The van der Waals surface area contributed by atoms with Crippen LogP contribution in [0.2, 0.25) is 0 Å². The molecule has 0 radical (unpaired) electrons. The fourth-order valence-electron chi connectivity index (χ4n) is 1.00. The second kappa shape index (κ2) is 5.27. The summed E-state index contributed by atoms with van der Waals surface area (Å²) in [6.07, 6.45) is 2.63. The molecule has 9 heavy (non-hydrogen) atoms. The van der Waals surface area contributed by atoms with Crippen LogP contribution < -0.4 is 51.4 Å². The molecular weight excluding hydrogens is 137 g/mol. The quantitative estimate of drug-likeness (QED) is 0.295. The van der Waals surface area contributed by atoms with Gasteiger partial charge in [0.25, 0.3) is 0 Å². The SMILES string of the molecule is C[C-]1CCN(C)CC1.[K+]. The molecule has 0 N–H and O–H groups in total. The molecule has 0 bridgehead atoms. The average Bonchev–Trinajstić information content (AvgIpc) is 1.77. The fourth-order valence-corrected chi connectivity index (χ4v) is 1.00. The Labute approximate surface area is 101 Å². The first-order valence-corrected chi connectivity index (χ1v) is 3.29. The molecule has 0 spiro atoms. The molecule has 48 valence electrons. The van der Waals surface area contributed by atoms with Crippen molar-refractivity contribution in [2.75, 3.05) is 20.1 Å². The molecule has 1 aliphatic rings. The van der Waals surface area contributed by atoms with Crippen LogP contribution in [0, 0.1) is 5.92 Å². The van der Waals surface area contributed by atoms with Crippen molar-refractivity contribution in [3.63, 3.8) is 0 Å². The predicted octanol–water partition coefficient (Wildman–Crippen LogP) is -1.69. The summed E-state index contributed by atoms with van der Waals surface area (Å²) in [5.41, 5.74) is 0. The summed E-state index contributed by atoms with van der Waals surface area (Å²) in [5.74, 6) is 1.67. The fraction of sp³-hybridized carbons (Fsp3) is 0.857. The van der Waals surface area contributed by atoms with Crippen LogP contribution in [-0.2, 0) is 0 Å². The molecule has 0 aromatic rings. The molecule has 1 heterocycles. The van der Waals surface area contributed by atoms with Gasteiger partial charge in [0.2, 0.25) is 0 Å². The van der Waals surface area contributed by atoms with Gasteiger partial charge >= 0.3 is 51.4 Å². The maximum atomic E-state index is 2.38. The van der Waals surface area contributed by atoms with Crippen LogP contribution in [0.25, 0.3) is 0 Å². The number of piperidine rings is 1. The van der Waals surface area contributed by atoms with Crippen LogP contribution in [0.4, 0.5) is 0 Å². The van der Waals surface area contributed by atoms with Gasteiger partial charge < -0.3 is 10.8 Å². The summed E-state index contributed by atoms with van der Waals surface area (Å²) in [4.78, 5) is 2.38. The van der Waals surface area contributed by atoms with Crippen LogP contribution in [0.15, 0.2) is 0 Å². The molecule has 0 atom stereocenters. The monoisotopic (exact) mass is 151 g/mol. The van der Waals surface area contributed by atoms with Crippen LogP contribution in [0.3, 0.4) is 0 Å². The van der Waals surface area contributed by atoms with Gasteiger partial charge in [0, 0.05) is 0 Å². The summed E-state index contributed by atoms with van der Waals surface area (Å²) in [6, 6.07) is 0. The molecule has 0 amide bonds. The Balaban J connectivity index is 0.000000640. The first-order valence-electron chi connectivity index (χ1n) is 3.29. The molecule has 0 aromatic carbocycles. The minimum absolute atomic E-state index is 0. The molecule has 2 heteroatoms. The van der Waals surface area contributed by atoms with Crippen LogP contribution in [0.1, 0.15) is 19.8 Å². The van der Waals surface area contributed by atoms with Gasteiger partial charge in [-0.2, -0.15) is 19.8 Å². The van der Waals surface area contributed by atoms with Gasteiger partial charge in [-0.3, -0.25) is 0 Å². The van der Waals surface area contributed by atoms with E-state index >= 15 is 0 Å². The topological polar surface area (TPSA) is 3.24 Å². The molecule has 1 rings (SSSR count). The second-order valence-corrected chi connectivity index (χ2v) is 2.76. The van der Waals surface area contributed by atoms with Crippen LogP contribution in [-0.4, -0.2) is 25.0 Å². The predicted molar refractivity (Wildman–Crippen MR) is 35.6 cm³/mol. The summed E-state index contributed by atoms with van der Waals surface area (Å²) < 4.78 is 0. The molecule has 1 saturated heterocycles. The normalized spacial score (nSPS) is 23.3. The summed E-state index contributed by atoms with van der Waals surface area (Å²) in [6.45, 7) is 4.80. The van der Waals surface area contributed by atoms with E-state index in [1.165, 1.54) is 25.9 Å². The van der Waals surface area contributed by atoms with Crippen molar-refractivity contribution in [3.05, 3.63) is 5.92 Å². The number of nitrogens with zero attached hydrogens (tertiary/aromatic N) is 1. The van der Waals surface area contributed by atoms with Crippen molar-refractivity contribution >= 4 is 0 Å². The van der Waals surface area contributed by atoms with E-state index in [9.17, 15) is 0 Å². The maximum absolute atomic E-state index is 2.38. The third kappa shape index (κ3) is 4.12. The summed E-state index contributed by atoms with van der Waals surface area (Å²) >= 11 is 0. The van der Waals surface area contributed by atoms with Crippen molar-refractivity contribution in [2.45, 2.75) is 19.8 Å². The largest absolute Gasteiger partial charge is 1.00 e. The molecule has 1 nitrogen and oxygen atoms in total. The van der Waals surface area contributed by atoms with E-state index in [0.29, 0.717) is 0 Å². The molecule has 0 aromatic heterocycles. The molecule has 0 saturated carbocycles. The standard InChI is InChI=1S/C7H14N.K/c1-7-3-5-8(2)6-4-7;/h3-6H2,1-2H3;/q-1;+1. The Hall–Kier alpha value is 1.60. The Bertz CT molecular complexity index is 57.3. The summed E-state index contributed by atoms with van der Waals surface area (Å²) in [7, 11) is 2.19. The number of hydrogen-bond donors (Lipinski definition) is 0. The number of likely N-dealkylation sites (tertiary alicyclic amines) is 1. The third-order valence-corrected chi connectivity index (χ3v) is 1.84. The zero-order valence-corrected chi connectivity index (χ0v) is 9.90. The molecule has 1 fully saturated rings. The van der Waals surface area contributed by atoms with E-state index in [1.807, 2.05) is 0 Å². The van der Waals surface area contributed by atoms with Gasteiger partial charge in [0.1, 0.15) is 0 Å². The van der Waals surface area contributed by atoms with E-state index in [2.05, 4.69) is 18.9 Å². The molecule has 0 unspecified atom stereocenters. The van der Waals surface area contributed by atoms with E-state index in [4.69, 9.17) is 0 Å². The van der Waals surface area contributed by atoms with Crippen LogP contribution in [0.5, 0.6) is 0 Å². The van der Waals surface area contributed by atoms with E-state index in [0.717, 1.165) is 0 Å². The minimum Gasteiger partial charge on any atom is -0.314 e. The zero-order chi connectivity index (χ0) is 5.98. The van der Waals surface area contributed by atoms with Gasteiger partial charge in [-0.05, 0) is 20.1 Å². The van der Waals surface area contributed by atoms with Crippen molar-refractivity contribution in [1.29, 1.82) is 0 Å². The number of hydrogen-bond acceptors (Lipinski definition) is 1. The Morgan fingerprint density at radius 1 is 1.22 bits per heavy atom. The van der Waals surface area contributed by atoms with Crippen molar-refractivity contribution in [3.8, 4) is 0 Å². The van der Waals surface area contributed by atoms with E-state index in [1.54, 1.807) is 5.92 Å². The second-order valence-electron chi connectivity index (χ2n) is 2.76. The third-order valence-electron chi connectivity index (χ3n) is 1.84. The van der Waals surface area contributed by atoms with Gasteiger partial charge in [-0.1, -0.05) is 0 Å². The zero-order valence-electron chi connectivity index (χ0n) is 6.78. The molecule has 0 aliphatic carbocycles. The van der Waals surface area contributed by atoms with Crippen LogP contribution >= 0.6 is 0 Å². The van der Waals surface area contributed by atoms with Crippen molar-refractivity contribution in [1.82, 2.24) is 4.90 Å². The van der Waals surface area contributed by atoms with E-state index in [-0.39, 0.29) is 51.4 Å². The van der Waals surface area contributed by atoms with Gasteiger partial charge in [-0.25, -0.2) is 0 Å². The molecular formula is C7H14KN. The number of rotatable bonds is 0. The minimum atomic E-state index is 0. The van der Waals surface area contributed by atoms with Gasteiger partial charge in [0.15, 0.2) is 0 Å². The Morgan fingerprint density at radius 3 is 2.00 bits per heavy atom. The van der Waals surface area contributed by atoms with E-state index < -0.39 is 0 Å². The first-order chi connectivity index (χ1) is 3.79. The van der Waals surface area contributed by atoms with Gasteiger partial charge in [-0.15, -0.1) is 0 Å². The maximum Gasteiger partial charge on any atom is 1.00 e. The molecule has 1 aliphatic heterocycles. The van der Waals surface area contributed by atoms with Crippen molar-refractivity contribution in [2.24, 2.45) is 0 Å². The average molecular weight is 151 g/mol. The van der Waals surface area contributed by atoms with Crippen molar-refractivity contribution < 1.29 is 51.4 Å². The Kier molecular flexibility index (Phi) is 6.21.